The Bertz CT molecular complexity index is 330. The molecule has 1 N–H and O–H groups in total. The summed E-state index contributed by atoms with van der Waals surface area (Å²) in [6.45, 7) is 2.03. The molecule has 0 aliphatic carbocycles. The van der Waals surface area contributed by atoms with Crippen molar-refractivity contribution in [1.82, 2.24) is 0 Å². The average molecular weight is 221 g/mol. The van der Waals surface area contributed by atoms with E-state index < -0.39 is 11.9 Å². The summed E-state index contributed by atoms with van der Waals surface area (Å²) in [6.07, 6.45) is 3.01. The molecule has 0 fully saturated rings. The van der Waals surface area contributed by atoms with E-state index in [0.717, 1.165) is 18.4 Å². The first kappa shape index (κ1) is 12.6. The molecule has 0 aromatic heterocycles. The number of hydrogen-bond acceptors (Lipinski definition) is 2. The second kappa shape index (κ2) is 6.16. The van der Waals surface area contributed by atoms with E-state index in [-0.39, 0.29) is 5.75 Å². The molecule has 0 bridgehead atoms. The zero-order valence-corrected chi connectivity index (χ0v) is 9.48. The van der Waals surface area contributed by atoms with E-state index in [1.165, 1.54) is 0 Å². The Labute approximate surface area is 95.7 Å². The first-order valence-corrected chi connectivity index (χ1v) is 5.62. The second-order valence-corrected chi connectivity index (χ2v) is 4.03. The summed E-state index contributed by atoms with van der Waals surface area (Å²) in [4.78, 5) is 10.9. The van der Waals surface area contributed by atoms with Gasteiger partial charge in [-0.05, 0) is 30.5 Å². The van der Waals surface area contributed by atoms with Gasteiger partial charge in [0, 0.05) is 0 Å². The van der Waals surface area contributed by atoms with Crippen LogP contribution in [0.2, 0.25) is 0 Å². The third-order valence-corrected chi connectivity index (χ3v) is 2.66. The minimum Gasteiger partial charge on any atom is -0.508 e. The Morgan fingerprint density at radius 1 is 1.31 bits per heavy atom. The van der Waals surface area contributed by atoms with E-state index in [2.05, 4.69) is 0 Å². The lowest BCUT2D eigenvalue weighted by atomic mass is 9.94. The lowest BCUT2D eigenvalue weighted by Gasteiger charge is -2.10. The van der Waals surface area contributed by atoms with Gasteiger partial charge in [-0.3, -0.25) is 0 Å². The van der Waals surface area contributed by atoms with Gasteiger partial charge < -0.3 is 5.11 Å². The van der Waals surface area contributed by atoms with Crippen LogP contribution in [0.1, 0.15) is 31.7 Å². The fourth-order valence-electron chi connectivity index (χ4n) is 1.67. The number of carbonyl (C=O) groups excluding carboxylic acids is 1. The molecule has 1 rings (SSSR count). The van der Waals surface area contributed by atoms with Gasteiger partial charge in [0.25, 0.3) is 0 Å². The Morgan fingerprint density at radius 2 is 1.94 bits per heavy atom. The van der Waals surface area contributed by atoms with Crippen molar-refractivity contribution >= 4 is 5.97 Å². The van der Waals surface area contributed by atoms with Crippen LogP contribution in [0.3, 0.4) is 0 Å². The van der Waals surface area contributed by atoms with Gasteiger partial charge in [0.2, 0.25) is 0 Å². The van der Waals surface area contributed by atoms with Gasteiger partial charge in [0.05, 0.1) is 5.92 Å². The van der Waals surface area contributed by atoms with Gasteiger partial charge in [-0.1, -0.05) is 31.9 Å². The largest absolute Gasteiger partial charge is 0.508 e. The number of benzene rings is 1. The summed E-state index contributed by atoms with van der Waals surface area (Å²) in [7, 11) is 0. The highest BCUT2D eigenvalue weighted by Crippen LogP contribution is 2.18. The molecule has 3 heteroatoms. The molecule has 1 aromatic carbocycles. The first-order valence-electron chi connectivity index (χ1n) is 5.62. The van der Waals surface area contributed by atoms with Gasteiger partial charge in [0.1, 0.15) is 5.75 Å². The van der Waals surface area contributed by atoms with E-state index >= 15 is 0 Å². The Hall–Kier alpha value is -1.51. The summed E-state index contributed by atoms with van der Waals surface area (Å²) in [6, 6.07) is 6.64. The van der Waals surface area contributed by atoms with Gasteiger partial charge >= 0.3 is 5.97 Å². The van der Waals surface area contributed by atoms with Crippen LogP contribution in [0.4, 0.5) is 0 Å². The molecular formula is C13H17O3. The van der Waals surface area contributed by atoms with Crippen LogP contribution >= 0.6 is 0 Å². The van der Waals surface area contributed by atoms with Crippen LogP contribution in [-0.2, 0) is 16.3 Å². The summed E-state index contributed by atoms with van der Waals surface area (Å²) in [5, 5.41) is 20.0. The van der Waals surface area contributed by atoms with E-state index in [4.69, 9.17) is 5.11 Å². The van der Waals surface area contributed by atoms with Gasteiger partial charge in [0.15, 0.2) is 0 Å². The van der Waals surface area contributed by atoms with E-state index in [1.54, 1.807) is 24.3 Å². The predicted molar refractivity (Wildman–Crippen MR) is 60.5 cm³/mol. The number of phenolic OH excluding ortho intramolecular Hbond substituents is 1. The third kappa shape index (κ3) is 3.93. The second-order valence-electron chi connectivity index (χ2n) is 4.03. The molecule has 0 aliphatic heterocycles. The van der Waals surface area contributed by atoms with Crippen LogP contribution in [0.15, 0.2) is 24.3 Å². The molecule has 87 valence electrons. The van der Waals surface area contributed by atoms with Gasteiger partial charge in [-0.2, -0.15) is 0 Å². The normalized spacial score (nSPS) is 12.3. The zero-order valence-electron chi connectivity index (χ0n) is 9.48. The Morgan fingerprint density at radius 3 is 2.44 bits per heavy atom. The van der Waals surface area contributed by atoms with Crippen LogP contribution in [-0.4, -0.2) is 11.1 Å². The molecule has 1 radical (unpaired) electrons. The number of aromatic hydroxyl groups is 1. The molecule has 0 saturated heterocycles. The zero-order chi connectivity index (χ0) is 12.0. The SMILES string of the molecule is CCCCC(Cc1ccc(O)cc1)C([O])=O. The maximum Gasteiger partial charge on any atom is 0.358 e. The fraction of sp³-hybridized carbons (Fsp3) is 0.462. The maximum atomic E-state index is 10.9. The average Bonchev–Trinajstić information content (AvgIpc) is 2.26. The molecule has 0 aliphatic rings. The summed E-state index contributed by atoms with van der Waals surface area (Å²) in [5.41, 5.74) is 0.920. The van der Waals surface area contributed by atoms with Crippen molar-refractivity contribution in [2.45, 2.75) is 32.6 Å². The highest BCUT2D eigenvalue weighted by molar-refractivity contribution is 5.69. The van der Waals surface area contributed by atoms with Crippen molar-refractivity contribution in [3.05, 3.63) is 29.8 Å². The summed E-state index contributed by atoms with van der Waals surface area (Å²) >= 11 is 0. The fourth-order valence-corrected chi connectivity index (χ4v) is 1.67. The standard InChI is InChI=1S/C13H17O3/c1-2-3-4-11(13(15)16)9-10-5-7-12(14)8-6-10/h5-8,11,14H,2-4,9H2,1H3. The number of rotatable bonds is 6. The quantitative estimate of drug-likeness (QED) is 0.802. The first-order chi connectivity index (χ1) is 7.63. The highest BCUT2D eigenvalue weighted by atomic mass is 16.4. The smallest absolute Gasteiger partial charge is 0.358 e. The van der Waals surface area contributed by atoms with Crippen molar-refractivity contribution in [3.8, 4) is 5.75 Å². The monoisotopic (exact) mass is 221 g/mol. The Kier molecular flexibility index (Phi) is 4.83. The topological polar surface area (TPSA) is 57.2 Å². The van der Waals surface area contributed by atoms with Crippen LogP contribution in [0, 0.1) is 5.92 Å². The molecule has 1 aromatic rings. The van der Waals surface area contributed by atoms with Crippen molar-refractivity contribution in [1.29, 1.82) is 0 Å². The lowest BCUT2D eigenvalue weighted by Crippen LogP contribution is -2.15. The van der Waals surface area contributed by atoms with Gasteiger partial charge in [-0.15, -0.1) is 0 Å². The molecule has 0 heterocycles. The predicted octanol–water partition coefficient (Wildman–Crippen LogP) is 2.70. The molecule has 3 nitrogen and oxygen atoms in total. The number of hydrogen-bond donors (Lipinski definition) is 1. The molecule has 0 spiro atoms. The molecule has 1 unspecified atom stereocenters. The van der Waals surface area contributed by atoms with Crippen LogP contribution in [0.25, 0.3) is 0 Å². The van der Waals surface area contributed by atoms with Gasteiger partial charge in [-0.25, -0.2) is 9.90 Å². The number of phenols is 1. The van der Waals surface area contributed by atoms with Crippen LogP contribution in [0.5, 0.6) is 5.75 Å². The molecular weight excluding hydrogens is 204 g/mol. The third-order valence-electron chi connectivity index (χ3n) is 2.66. The van der Waals surface area contributed by atoms with E-state index in [0.29, 0.717) is 12.8 Å². The van der Waals surface area contributed by atoms with E-state index in [9.17, 15) is 9.90 Å². The van der Waals surface area contributed by atoms with Crippen molar-refractivity contribution in [2.75, 3.05) is 0 Å². The maximum absolute atomic E-state index is 10.9. The van der Waals surface area contributed by atoms with Crippen molar-refractivity contribution in [2.24, 2.45) is 5.92 Å². The number of carbonyl (C=O) groups is 1. The molecule has 1 atom stereocenters. The van der Waals surface area contributed by atoms with E-state index in [1.807, 2.05) is 6.92 Å². The lowest BCUT2D eigenvalue weighted by molar-refractivity contribution is -0.148. The summed E-state index contributed by atoms with van der Waals surface area (Å²) in [5.74, 6) is -1.21. The molecule has 0 amide bonds. The minimum atomic E-state index is -0.985. The van der Waals surface area contributed by atoms with Crippen LogP contribution < -0.4 is 0 Å². The Balaban J connectivity index is 2.60. The number of unbranched alkanes of at least 4 members (excludes halogenated alkanes) is 1. The summed E-state index contributed by atoms with van der Waals surface area (Å²) < 4.78 is 0. The molecule has 16 heavy (non-hydrogen) atoms. The minimum absolute atomic E-state index is 0.197. The molecule has 0 saturated carbocycles. The highest BCUT2D eigenvalue weighted by Gasteiger charge is 2.18. The van der Waals surface area contributed by atoms with Crippen molar-refractivity contribution in [3.63, 3.8) is 0 Å². The van der Waals surface area contributed by atoms with Crippen molar-refractivity contribution < 1.29 is 15.0 Å².